The number of benzene rings is 4. The lowest BCUT2D eigenvalue weighted by Crippen LogP contribution is -2.29. The van der Waals surface area contributed by atoms with E-state index in [2.05, 4.69) is 34.5 Å². The number of fused-ring (bicyclic) bond motifs is 1. The first-order valence-corrected chi connectivity index (χ1v) is 14.3. The largest absolute Gasteiger partial charge is 0.507 e. The van der Waals surface area contributed by atoms with Crippen LogP contribution in [0.5, 0.6) is 0 Å². The average molecular weight is 568 g/mol. The third kappa shape index (κ3) is 4.67. The number of aliphatic hydroxyl groups excluding tert-OH is 1. The molecule has 0 aliphatic carbocycles. The van der Waals surface area contributed by atoms with E-state index >= 15 is 0 Å². The second kappa shape index (κ2) is 10.7. The number of ketones is 1. The molecule has 2 heterocycles. The van der Waals surface area contributed by atoms with Crippen molar-refractivity contribution < 1.29 is 19.1 Å². The molecule has 1 atom stereocenters. The maximum Gasteiger partial charge on any atom is 0.301 e. The van der Waals surface area contributed by atoms with Gasteiger partial charge in [-0.2, -0.15) is 0 Å². The summed E-state index contributed by atoms with van der Waals surface area (Å²) in [7, 11) is 0. The number of aromatic nitrogens is 2. The molecular weight excluding hydrogens is 545 g/mol. The number of amides is 1. The predicted octanol–water partition coefficient (Wildman–Crippen LogP) is 7.06. The molecule has 1 N–H and O–H groups in total. The molecule has 40 heavy (non-hydrogen) atoms. The summed E-state index contributed by atoms with van der Waals surface area (Å²) in [5, 5.41) is 22.3. The van der Waals surface area contributed by atoms with Crippen molar-refractivity contribution >= 4 is 56.5 Å². The highest BCUT2D eigenvalue weighted by atomic mass is 32.2. The fourth-order valence-electron chi connectivity index (χ4n) is 4.79. The van der Waals surface area contributed by atoms with Crippen LogP contribution in [0.25, 0.3) is 16.5 Å². The lowest BCUT2D eigenvalue weighted by Gasteiger charge is -2.22. The fraction of sp³-hybridized carbons (Fsp3) is 0.0968. The molecule has 6 nitrogen and oxygen atoms in total. The van der Waals surface area contributed by atoms with Crippen LogP contribution in [-0.2, 0) is 15.3 Å². The summed E-state index contributed by atoms with van der Waals surface area (Å²) in [6.45, 7) is 1.60. The molecule has 6 rings (SSSR count). The van der Waals surface area contributed by atoms with Gasteiger partial charge in [0.15, 0.2) is 4.34 Å². The number of anilines is 1. The van der Waals surface area contributed by atoms with Crippen molar-refractivity contribution in [1.82, 2.24) is 10.2 Å². The summed E-state index contributed by atoms with van der Waals surface area (Å²) in [5.41, 5.74) is 2.15. The van der Waals surface area contributed by atoms with Gasteiger partial charge in [0, 0.05) is 11.3 Å². The van der Waals surface area contributed by atoms with Crippen LogP contribution in [0.1, 0.15) is 28.3 Å². The third-order valence-corrected chi connectivity index (χ3v) is 8.94. The summed E-state index contributed by atoms with van der Waals surface area (Å²) >= 11 is 2.70. The Morgan fingerprint density at radius 2 is 1.73 bits per heavy atom. The second-order valence-corrected chi connectivity index (χ2v) is 11.5. The Kier molecular flexibility index (Phi) is 6.91. The highest BCUT2D eigenvalue weighted by Crippen LogP contribution is 2.44. The number of aryl methyl sites for hydroxylation is 1. The quantitative estimate of drug-likeness (QED) is 0.0778. The number of aliphatic hydroxyl groups is 1. The number of nitrogens with zero attached hydrogens (tertiary/aromatic N) is 3. The molecule has 0 saturated carbocycles. The number of carbonyl (C=O) groups is 2. The number of hydrogen-bond acceptors (Lipinski definition) is 7. The Morgan fingerprint density at radius 1 is 0.975 bits per heavy atom. The van der Waals surface area contributed by atoms with Gasteiger partial charge in [0.05, 0.1) is 11.6 Å². The summed E-state index contributed by atoms with van der Waals surface area (Å²) in [4.78, 5) is 28.0. The van der Waals surface area contributed by atoms with Crippen LogP contribution in [0.4, 0.5) is 9.52 Å². The first-order valence-electron chi connectivity index (χ1n) is 12.5. The van der Waals surface area contributed by atoms with Crippen LogP contribution < -0.4 is 4.90 Å². The van der Waals surface area contributed by atoms with Gasteiger partial charge in [-0.05, 0) is 40.5 Å². The lowest BCUT2D eigenvalue weighted by molar-refractivity contribution is -0.132. The van der Waals surface area contributed by atoms with E-state index in [1.54, 1.807) is 31.2 Å². The van der Waals surface area contributed by atoms with Crippen molar-refractivity contribution in [3.05, 3.63) is 125 Å². The molecule has 198 valence electrons. The topological polar surface area (TPSA) is 83.4 Å². The molecule has 4 aromatic carbocycles. The van der Waals surface area contributed by atoms with E-state index in [9.17, 15) is 19.1 Å². The first kappa shape index (κ1) is 25.9. The molecule has 9 heteroatoms. The summed E-state index contributed by atoms with van der Waals surface area (Å²) < 4.78 is 15.0. The smallest absolute Gasteiger partial charge is 0.301 e. The minimum atomic E-state index is -0.950. The van der Waals surface area contributed by atoms with Gasteiger partial charge < -0.3 is 5.11 Å². The minimum Gasteiger partial charge on any atom is -0.507 e. The highest BCUT2D eigenvalue weighted by molar-refractivity contribution is 8.00. The van der Waals surface area contributed by atoms with Crippen molar-refractivity contribution in [2.45, 2.75) is 23.1 Å². The molecule has 1 aliphatic heterocycles. The van der Waals surface area contributed by atoms with Gasteiger partial charge in [-0.1, -0.05) is 108 Å². The average Bonchev–Trinajstić information content (AvgIpc) is 3.55. The molecule has 0 spiro atoms. The highest BCUT2D eigenvalue weighted by Gasteiger charge is 2.48. The lowest BCUT2D eigenvalue weighted by atomic mass is 9.95. The van der Waals surface area contributed by atoms with Gasteiger partial charge in [-0.15, -0.1) is 10.2 Å². The maximum absolute atomic E-state index is 14.3. The Bertz CT molecular complexity index is 1800. The maximum atomic E-state index is 14.3. The molecule has 0 unspecified atom stereocenters. The number of hydrogen-bond donors (Lipinski definition) is 1. The van der Waals surface area contributed by atoms with E-state index < -0.39 is 29.3 Å². The third-order valence-electron chi connectivity index (χ3n) is 6.84. The van der Waals surface area contributed by atoms with Crippen LogP contribution in [-0.4, -0.2) is 27.0 Å². The molecule has 1 amide bonds. The monoisotopic (exact) mass is 567 g/mol. The zero-order valence-electron chi connectivity index (χ0n) is 21.2. The summed E-state index contributed by atoms with van der Waals surface area (Å²) in [5.74, 6) is -2.01. The van der Waals surface area contributed by atoms with Gasteiger partial charge in [-0.25, -0.2) is 4.39 Å². The molecule has 1 fully saturated rings. The number of halogens is 1. The van der Waals surface area contributed by atoms with Crippen molar-refractivity contribution in [3.63, 3.8) is 0 Å². The molecule has 5 aromatic rings. The standard InChI is InChI=1S/C31H22FN3O3S2/c1-18-14-15-21(16-24(18)32)27(36)25-26(20-9-3-2-4-10-20)35(29(38)28(25)37)30-33-34-31(40-30)39-17-22-12-7-11-19-8-5-6-13-23(19)22/h2-16,26,36H,17H2,1H3/t26-/m1/s1. The molecule has 1 saturated heterocycles. The van der Waals surface area contributed by atoms with E-state index in [0.29, 0.717) is 21.2 Å². The Morgan fingerprint density at radius 3 is 2.52 bits per heavy atom. The van der Waals surface area contributed by atoms with Crippen LogP contribution in [0.2, 0.25) is 0 Å². The summed E-state index contributed by atoms with van der Waals surface area (Å²) in [6.07, 6.45) is 0. The van der Waals surface area contributed by atoms with Crippen LogP contribution in [0.3, 0.4) is 0 Å². The first-order chi connectivity index (χ1) is 19.4. The van der Waals surface area contributed by atoms with E-state index in [1.165, 1.54) is 40.1 Å². The Labute approximate surface area is 237 Å². The fourth-order valence-corrected chi connectivity index (χ4v) is 6.66. The van der Waals surface area contributed by atoms with Crippen LogP contribution in [0, 0.1) is 12.7 Å². The zero-order chi connectivity index (χ0) is 27.8. The van der Waals surface area contributed by atoms with Gasteiger partial charge >= 0.3 is 5.91 Å². The van der Waals surface area contributed by atoms with Crippen LogP contribution in [0.15, 0.2) is 101 Å². The van der Waals surface area contributed by atoms with Crippen molar-refractivity contribution in [1.29, 1.82) is 0 Å². The van der Waals surface area contributed by atoms with E-state index in [1.807, 2.05) is 24.3 Å². The number of carbonyl (C=O) groups excluding carboxylic acids is 2. The van der Waals surface area contributed by atoms with Gasteiger partial charge in [0.25, 0.3) is 5.78 Å². The molecular formula is C31H22FN3O3S2. The van der Waals surface area contributed by atoms with Gasteiger partial charge in [0.1, 0.15) is 11.6 Å². The van der Waals surface area contributed by atoms with Crippen LogP contribution >= 0.6 is 23.1 Å². The van der Waals surface area contributed by atoms with E-state index in [4.69, 9.17) is 0 Å². The predicted molar refractivity (Wildman–Crippen MR) is 156 cm³/mol. The van der Waals surface area contributed by atoms with Crippen molar-refractivity contribution in [2.75, 3.05) is 4.90 Å². The number of Topliss-reactive ketones (excluding diaryl/α,β-unsaturated/α-hetero) is 1. The normalized spacial score (nSPS) is 16.6. The minimum absolute atomic E-state index is 0.116. The van der Waals surface area contributed by atoms with E-state index in [0.717, 1.165) is 22.4 Å². The van der Waals surface area contributed by atoms with Gasteiger partial charge in [0.2, 0.25) is 5.13 Å². The zero-order valence-corrected chi connectivity index (χ0v) is 22.9. The molecule has 1 aromatic heterocycles. The Hall–Kier alpha value is -4.34. The number of thioether (sulfide) groups is 1. The van der Waals surface area contributed by atoms with E-state index in [-0.39, 0.29) is 16.3 Å². The molecule has 0 bridgehead atoms. The second-order valence-electron chi connectivity index (χ2n) is 9.32. The Balaban J connectivity index is 1.36. The number of rotatable bonds is 6. The van der Waals surface area contributed by atoms with Crippen molar-refractivity contribution in [2.24, 2.45) is 0 Å². The molecule has 0 radical (unpaired) electrons. The SMILES string of the molecule is Cc1ccc(C(O)=C2C(=O)C(=O)N(c3nnc(SCc4cccc5ccccc45)s3)[C@@H]2c2ccccc2)cc1F. The van der Waals surface area contributed by atoms with Gasteiger partial charge in [-0.3, -0.25) is 14.5 Å². The van der Waals surface area contributed by atoms with Crippen molar-refractivity contribution in [3.8, 4) is 0 Å². The summed E-state index contributed by atoms with van der Waals surface area (Å²) in [6, 6.07) is 26.5. The molecule has 1 aliphatic rings.